The van der Waals surface area contributed by atoms with E-state index in [4.69, 9.17) is 4.42 Å². The van der Waals surface area contributed by atoms with Crippen LogP contribution in [-0.2, 0) is 0 Å². The largest absolute Gasteiger partial charge is 0.454 e. The van der Waals surface area contributed by atoms with Gasteiger partial charge in [0, 0.05) is 43.4 Å². The number of fused-ring (bicyclic) bond motifs is 10. The molecule has 10 aromatic rings. The molecule has 0 fully saturated rings. The zero-order valence-electron chi connectivity index (χ0n) is 26.1. The second-order valence-corrected chi connectivity index (χ2v) is 12.3. The molecule has 49 heavy (non-hydrogen) atoms. The van der Waals surface area contributed by atoms with Crippen LogP contribution in [0.2, 0.25) is 0 Å². The number of benzene rings is 7. The van der Waals surface area contributed by atoms with Crippen LogP contribution in [-0.4, -0.2) is 9.13 Å². The maximum atomic E-state index is 10.2. The van der Waals surface area contributed by atoms with E-state index in [1.54, 1.807) is 0 Å². The van der Waals surface area contributed by atoms with Crippen molar-refractivity contribution in [1.29, 1.82) is 10.5 Å². The minimum atomic E-state index is 0.531. The highest BCUT2D eigenvalue weighted by Crippen LogP contribution is 2.44. The van der Waals surface area contributed by atoms with E-state index in [0.717, 1.165) is 88.1 Å². The minimum Gasteiger partial charge on any atom is -0.454 e. The topological polar surface area (TPSA) is 70.6 Å². The van der Waals surface area contributed by atoms with Crippen molar-refractivity contribution in [1.82, 2.24) is 9.13 Å². The number of hydrogen-bond acceptors (Lipinski definition) is 3. The molecule has 0 unspecified atom stereocenters. The lowest BCUT2D eigenvalue weighted by molar-refractivity contribution is 0.671. The van der Waals surface area contributed by atoms with Gasteiger partial charge in [-0.05, 0) is 66.7 Å². The molecule has 0 aliphatic heterocycles. The predicted octanol–water partition coefficient (Wildman–Crippen LogP) is 11.2. The number of hydrogen-bond donors (Lipinski definition) is 0. The summed E-state index contributed by atoms with van der Waals surface area (Å²) in [7, 11) is 0. The van der Waals surface area contributed by atoms with E-state index in [1.165, 1.54) is 0 Å². The lowest BCUT2D eigenvalue weighted by Gasteiger charge is -2.19. The summed E-state index contributed by atoms with van der Waals surface area (Å²) in [4.78, 5) is 0. The average Bonchev–Trinajstić information content (AvgIpc) is 3.82. The summed E-state index contributed by atoms with van der Waals surface area (Å²) in [6, 6.07) is 54.1. The van der Waals surface area contributed by atoms with E-state index in [2.05, 4.69) is 112 Å². The highest BCUT2D eigenvalue weighted by atomic mass is 16.3. The van der Waals surface area contributed by atoms with Gasteiger partial charge in [-0.2, -0.15) is 10.5 Å². The maximum absolute atomic E-state index is 10.2. The van der Waals surface area contributed by atoms with E-state index in [9.17, 15) is 10.5 Å². The number of para-hydroxylation sites is 4. The predicted molar refractivity (Wildman–Crippen MR) is 197 cm³/mol. The number of nitrogens with zero attached hydrogens (tertiary/aromatic N) is 4. The molecule has 0 spiro atoms. The smallest absolute Gasteiger partial charge is 0.160 e. The Labute approximate surface area is 280 Å². The Kier molecular flexibility index (Phi) is 5.64. The quantitative estimate of drug-likeness (QED) is 0.196. The van der Waals surface area contributed by atoms with Crippen molar-refractivity contribution >= 4 is 65.6 Å². The van der Waals surface area contributed by atoms with Crippen molar-refractivity contribution in [3.05, 3.63) is 157 Å². The fourth-order valence-corrected chi connectivity index (χ4v) is 7.70. The molecule has 5 heteroatoms. The first-order valence-corrected chi connectivity index (χ1v) is 16.1. The number of furan rings is 1. The van der Waals surface area contributed by atoms with Crippen molar-refractivity contribution in [3.63, 3.8) is 0 Å². The SMILES string of the molecule is N#Cc1ccc(-n2c3ccccc3c3ccccc32)c(-c2cc(C#N)ccc2-n2c3ccccc3c3ccc4c5ccccc5oc4c32)c1. The van der Waals surface area contributed by atoms with E-state index in [1.807, 2.05) is 54.6 Å². The third kappa shape index (κ3) is 3.79. The van der Waals surface area contributed by atoms with Gasteiger partial charge in [0.15, 0.2) is 5.58 Å². The van der Waals surface area contributed by atoms with Crippen LogP contribution in [0.5, 0.6) is 0 Å². The first-order valence-electron chi connectivity index (χ1n) is 16.1. The monoisotopic (exact) mass is 624 g/mol. The molecule has 0 bridgehead atoms. The summed E-state index contributed by atoms with van der Waals surface area (Å²) in [5.41, 5.74) is 10.3. The standard InChI is InChI=1S/C44H24N4O/c45-25-27-17-21-40(47-37-13-5-1-9-29(37)30-10-2-6-14-38(30)47)35(23-27)36-24-28(26-46)18-22-41(36)48-39-15-7-3-11-31(39)33-19-20-34-32-12-4-8-16-42(32)49-44(34)43(33)48/h1-24H. The fourth-order valence-electron chi connectivity index (χ4n) is 7.70. The van der Waals surface area contributed by atoms with Crippen molar-refractivity contribution in [2.45, 2.75) is 0 Å². The van der Waals surface area contributed by atoms with Crippen molar-refractivity contribution < 1.29 is 4.42 Å². The van der Waals surface area contributed by atoms with Crippen LogP contribution in [0.1, 0.15) is 11.1 Å². The third-order valence-corrected chi connectivity index (χ3v) is 9.78. The Balaban J connectivity index is 1.37. The number of aromatic nitrogens is 2. The van der Waals surface area contributed by atoms with Crippen LogP contribution >= 0.6 is 0 Å². The molecule has 0 aliphatic carbocycles. The van der Waals surface area contributed by atoms with Crippen LogP contribution in [0.25, 0.3) is 88.1 Å². The Morgan fingerprint density at radius 2 is 0.898 bits per heavy atom. The summed E-state index contributed by atoms with van der Waals surface area (Å²) in [6.45, 7) is 0. The van der Waals surface area contributed by atoms with Gasteiger partial charge in [-0.25, -0.2) is 0 Å². The van der Waals surface area contributed by atoms with Gasteiger partial charge >= 0.3 is 0 Å². The van der Waals surface area contributed by atoms with Gasteiger partial charge in [0.1, 0.15) is 5.58 Å². The lowest BCUT2D eigenvalue weighted by atomic mass is 9.97. The van der Waals surface area contributed by atoms with Gasteiger partial charge in [0.2, 0.25) is 0 Å². The Morgan fingerprint density at radius 3 is 1.49 bits per heavy atom. The average molecular weight is 625 g/mol. The van der Waals surface area contributed by atoms with E-state index < -0.39 is 0 Å². The lowest BCUT2D eigenvalue weighted by Crippen LogP contribution is -2.02. The Morgan fingerprint density at radius 1 is 0.429 bits per heavy atom. The summed E-state index contributed by atoms with van der Waals surface area (Å²) in [6.07, 6.45) is 0. The zero-order chi connectivity index (χ0) is 32.6. The van der Waals surface area contributed by atoms with E-state index in [-0.39, 0.29) is 0 Å². The van der Waals surface area contributed by atoms with Crippen LogP contribution < -0.4 is 0 Å². The molecule has 0 aliphatic rings. The summed E-state index contributed by atoms with van der Waals surface area (Å²) in [5, 5.41) is 26.9. The molecule has 226 valence electrons. The summed E-state index contributed by atoms with van der Waals surface area (Å²) >= 11 is 0. The highest BCUT2D eigenvalue weighted by molar-refractivity contribution is 6.21. The van der Waals surface area contributed by atoms with Gasteiger partial charge in [0.25, 0.3) is 0 Å². The maximum Gasteiger partial charge on any atom is 0.160 e. The number of nitriles is 2. The first-order chi connectivity index (χ1) is 24.2. The summed E-state index contributed by atoms with van der Waals surface area (Å²) in [5.74, 6) is 0. The second-order valence-electron chi connectivity index (χ2n) is 12.3. The molecule has 0 radical (unpaired) electrons. The second kappa shape index (κ2) is 10.2. The Bertz CT molecular complexity index is 3030. The van der Waals surface area contributed by atoms with Gasteiger partial charge in [-0.1, -0.05) is 78.9 Å². The van der Waals surface area contributed by atoms with Gasteiger partial charge in [-0.15, -0.1) is 0 Å². The fraction of sp³-hybridized carbons (Fsp3) is 0. The van der Waals surface area contributed by atoms with E-state index in [0.29, 0.717) is 11.1 Å². The molecule has 3 heterocycles. The van der Waals surface area contributed by atoms with Gasteiger partial charge in [0.05, 0.1) is 56.7 Å². The van der Waals surface area contributed by atoms with E-state index >= 15 is 0 Å². The van der Waals surface area contributed by atoms with Crippen LogP contribution in [0, 0.1) is 22.7 Å². The molecular formula is C44H24N4O. The molecule has 0 atom stereocenters. The van der Waals surface area contributed by atoms with Gasteiger partial charge in [-0.3, -0.25) is 0 Å². The highest BCUT2D eigenvalue weighted by Gasteiger charge is 2.23. The third-order valence-electron chi connectivity index (χ3n) is 9.78. The van der Waals surface area contributed by atoms with Crippen LogP contribution in [0.4, 0.5) is 0 Å². The van der Waals surface area contributed by atoms with Crippen molar-refractivity contribution in [2.24, 2.45) is 0 Å². The molecule has 5 nitrogen and oxygen atoms in total. The molecule has 3 aromatic heterocycles. The molecule has 0 saturated heterocycles. The summed E-state index contributed by atoms with van der Waals surface area (Å²) < 4.78 is 11.2. The van der Waals surface area contributed by atoms with Crippen molar-refractivity contribution in [3.8, 4) is 34.6 Å². The normalized spacial score (nSPS) is 11.6. The molecule has 0 saturated carbocycles. The van der Waals surface area contributed by atoms with Crippen LogP contribution in [0.15, 0.2) is 150 Å². The van der Waals surface area contributed by atoms with Crippen LogP contribution in [0.3, 0.4) is 0 Å². The Hall–Kier alpha value is -7.08. The zero-order valence-corrected chi connectivity index (χ0v) is 26.1. The minimum absolute atomic E-state index is 0.531. The molecule has 10 rings (SSSR count). The molecule has 0 amide bonds. The molecule has 0 N–H and O–H groups in total. The van der Waals surface area contributed by atoms with Crippen molar-refractivity contribution in [2.75, 3.05) is 0 Å². The molecular weight excluding hydrogens is 601 g/mol. The molecule has 7 aromatic carbocycles. The van der Waals surface area contributed by atoms with Gasteiger partial charge < -0.3 is 13.6 Å². The number of rotatable bonds is 3. The first kappa shape index (κ1) is 27.1.